The van der Waals surface area contributed by atoms with Gasteiger partial charge in [-0.25, -0.2) is 4.68 Å². The summed E-state index contributed by atoms with van der Waals surface area (Å²) in [6.45, 7) is 3.65. The van der Waals surface area contributed by atoms with E-state index in [2.05, 4.69) is 10.4 Å². The Balaban J connectivity index is 1.76. The number of carbonyl (C=O) groups is 1. The minimum atomic E-state index is -0.0371. The molecule has 1 fully saturated rings. The second kappa shape index (κ2) is 6.80. The fourth-order valence-corrected chi connectivity index (χ4v) is 3.31. The van der Waals surface area contributed by atoms with Gasteiger partial charge in [0, 0.05) is 25.8 Å². The van der Waals surface area contributed by atoms with E-state index >= 15 is 0 Å². The maximum atomic E-state index is 13.2. The van der Waals surface area contributed by atoms with Crippen LogP contribution >= 0.6 is 0 Å². The van der Waals surface area contributed by atoms with Crippen molar-refractivity contribution in [1.29, 1.82) is 0 Å². The lowest BCUT2D eigenvalue weighted by Crippen LogP contribution is -2.38. The van der Waals surface area contributed by atoms with Crippen LogP contribution in [0.3, 0.4) is 0 Å². The molecule has 6 nitrogen and oxygen atoms in total. The van der Waals surface area contributed by atoms with Crippen LogP contribution in [-0.2, 0) is 0 Å². The Morgan fingerprint density at radius 2 is 2.08 bits per heavy atom. The average molecular weight is 350 g/mol. The standard InChI is InChI=1S/C20H22N4O2/c1-14-8-9-18(26-14)19-17(20(25)23(2)16-10-11-21-12-16)13-24(22-19)15-6-4-3-5-7-15/h3-9,13,16,21H,10-12H2,1-2H3. The topological polar surface area (TPSA) is 63.3 Å². The van der Waals surface area contributed by atoms with Gasteiger partial charge < -0.3 is 14.6 Å². The highest BCUT2D eigenvalue weighted by atomic mass is 16.3. The van der Waals surface area contributed by atoms with Gasteiger partial charge in [-0.1, -0.05) is 18.2 Å². The van der Waals surface area contributed by atoms with E-state index in [0.29, 0.717) is 17.0 Å². The molecule has 1 unspecified atom stereocenters. The van der Waals surface area contributed by atoms with Crippen LogP contribution in [0.5, 0.6) is 0 Å². The summed E-state index contributed by atoms with van der Waals surface area (Å²) in [6.07, 6.45) is 2.76. The van der Waals surface area contributed by atoms with E-state index in [1.54, 1.807) is 10.9 Å². The number of hydrogen-bond donors (Lipinski definition) is 1. The molecule has 3 aromatic rings. The minimum absolute atomic E-state index is 0.0371. The predicted octanol–water partition coefficient (Wildman–Crippen LogP) is 2.87. The second-order valence-electron chi connectivity index (χ2n) is 6.64. The third kappa shape index (κ3) is 3.04. The zero-order chi connectivity index (χ0) is 18.1. The summed E-state index contributed by atoms with van der Waals surface area (Å²) in [4.78, 5) is 15.0. The quantitative estimate of drug-likeness (QED) is 0.786. The molecule has 1 saturated heterocycles. The SMILES string of the molecule is Cc1ccc(-c2nn(-c3ccccc3)cc2C(=O)N(C)C2CCNC2)o1. The summed E-state index contributed by atoms with van der Waals surface area (Å²) in [5, 5.41) is 7.96. The third-order valence-corrected chi connectivity index (χ3v) is 4.84. The van der Waals surface area contributed by atoms with Gasteiger partial charge in [0.1, 0.15) is 11.5 Å². The Bertz CT molecular complexity index is 907. The molecule has 2 aromatic heterocycles. The Kier molecular flexibility index (Phi) is 4.34. The lowest BCUT2D eigenvalue weighted by Gasteiger charge is -2.23. The van der Waals surface area contributed by atoms with E-state index in [4.69, 9.17) is 4.42 Å². The molecule has 0 spiro atoms. The first-order chi connectivity index (χ1) is 12.6. The molecule has 4 rings (SSSR count). The van der Waals surface area contributed by atoms with Crippen molar-refractivity contribution in [3.05, 3.63) is 60.0 Å². The minimum Gasteiger partial charge on any atom is -0.460 e. The van der Waals surface area contributed by atoms with Crippen molar-refractivity contribution < 1.29 is 9.21 Å². The molecule has 1 atom stereocenters. The van der Waals surface area contributed by atoms with Gasteiger partial charge in [0.2, 0.25) is 0 Å². The van der Waals surface area contributed by atoms with E-state index in [1.807, 2.05) is 61.3 Å². The molecule has 26 heavy (non-hydrogen) atoms. The molecular formula is C20H22N4O2. The first-order valence-corrected chi connectivity index (χ1v) is 8.83. The maximum Gasteiger partial charge on any atom is 0.257 e. The fourth-order valence-electron chi connectivity index (χ4n) is 3.31. The van der Waals surface area contributed by atoms with E-state index in [-0.39, 0.29) is 11.9 Å². The molecule has 0 bridgehead atoms. The highest BCUT2D eigenvalue weighted by molar-refractivity contribution is 5.99. The zero-order valence-corrected chi connectivity index (χ0v) is 15.0. The summed E-state index contributed by atoms with van der Waals surface area (Å²) >= 11 is 0. The van der Waals surface area contributed by atoms with E-state index in [0.717, 1.165) is 31.0 Å². The summed E-state index contributed by atoms with van der Waals surface area (Å²) in [6, 6.07) is 13.7. The summed E-state index contributed by atoms with van der Waals surface area (Å²) in [5.41, 5.74) is 2.03. The van der Waals surface area contributed by atoms with Crippen LogP contribution in [0.1, 0.15) is 22.5 Å². The molecule has 1 aliphatic rings. The highest BCUT2D eigenvalue weighted by Gasteiger charge is 2.28. The number of aryl methyl sites for hydroxylation is 1. The highest BCUT2D eigenvalue weighted by Crippen LogP contribution is 2.27. The lowest BCUT2D eigenvalue weighted by atomic mass is 10.1. The third-order valence-electron chi connectivity index (χ3n) is 4.84. The summed E-state index contributed by atoms with van der Waals surface area (Å²) in [7, 11) is 1.86. The van der Waals surface area contributed by atoms with Crippen LogP contribution in [0.15, 0.2) is 53.1 Å². The van der Waals surface area contributed by atoms with Gasteiger partial charge in [-0.3, -0.25) is 4.79 Å². The van der Waals surface area contributed by atoms with Crippen LogP contribution in [0.25, 0.3) is 17.1 Å². The number of benzene rings is 1. The fraction of sp³-hybridized carbons (Fsp3) is 0.300. The number of aromatic nitrogens is 2. The first kappa shape index (κ1) is 16.6. The van der Waals surface area contributed by atoms with Crippen LogP contribution in [0, 0.1) is 6.92 Å². The van der Waals surface area contributed by atoms with Crippen molar-refractivity contribution in [3.8, 4) is 17.1 Å². The molecule has 0 saturated carbocycles. The predicted molar refractivity (Wildman–Crippen MR) is 99.4 cm³/mol. The smallest absolute Gasteiger partial charge is 0.257 e. The Morgan fingerprint density at radius 3 is 2.73 bits per heavy atom. The second-order valence-corrected chi connectivity index (χ2v) is 6.64. The van der Waals surface area contributed by atoms with Crippen LogP contribution in [-0.4, -0.2) is 46.8 Å². The van der Waals surface area contributed by atoms with E-state index in [1.165, 1.54) is 0 Å². The number of hydrogen-bond acceptors (Lipinski definition) is 4. The number of furan rings is 1. The van der Waals surface area contributed by atoms with Gasteiger partial charge in [-0.15, -0.1) is 0 Å². The number of rotatable bonds is 4. The van der Waals surface area contributed by atoms with Crippen molar-refractivity contribution >= 4 is 5.91 Å². The number of amides is 1. The lowest BCUT2D eigenvalue weighted by molar-refractivity contribution is 0.0744. The average Bonchev–Trinajstić information content (AvgIpc) is 3.41. The molecule has 1 N–H and O–H groups in total. The Hall–Kier alpha value is -2.86. The Labute approximate surface area is 152 Å². The molecule has 134 valence electrons. The van der Waals surface area contributed by atoms with Crippen molar-refractivity contribution in [2.75, 3.05) is 20.1 Å². The molecule has 1 aliphatic heterocycles. The maximum absolute atomic E-state index is 13.2. The number of nitrogens with zero attached hydrogens (tertiary/aromatic N) is 3. The van der Waals surface area contributed by atoms with E-state index < -0.39 is 0 Å². The summed E-state index contributed by atoms with van der Waals surface area (Å²) in [5.74, 6) is 1.37. The Morgan fingerprint density at radius 1 is 1.27 bits per heavy atom. The van der Waals surface area contributed by atoms with Gasteiger partial charge >= 0.3 is 0 Å². The van der Waals surface area contributed by atoms with Crippen molar-refractivity contribution in [1.82, 2.24) is 20.0 Å². The normalized spacial score (nSPS) is 16.8. The molecule has 0 aliphatic carbocycles. The number of nitrogens with one attached hydrogen (secondary N) is 1. The van der Waals surface area contributed by atoms with Gasteiger partial charge in [-0.05, 0) is 44.2 Å². The number of carbonyl (C=O) groups excluding carboxylic acids is 1. The summed E-state index contributed by atoms with van der Waals surface area (Å²) < 4.78 is 7.49. The van der Waals surface area contributed by atoms with Crippen molar-refractivity contribution in [2.24, 2.45) is 0 Å². The van der Waals surface area contributed by atoms with Gasteiger partial charge in [0.05, 0.1) is 11.3 Å². The molecular weight excluding hydrogens is 328 g/mol. The van der Waals surface area contributed by atoms with Crippen LogP contribution < -0.4 is 5.32 Å². The van der Waals surface area contributed by atoms with E-state index in [9.17, 15) is 4.79 Å². The van der Waals surface area contributed by atoms with Crippen molar-refractivity contribution in [3.63, 3.8) is 0 Å². The molecule has 1 amide bonds. The first-order valence-electron chi connectivity index (χ1n) is 8.83. The van der Waals surface area contributed by atoms with Crippen LogP contribution in [0.4, 0.5) is 0 Å². The van der Waals surface area contributed by atoms with Gasteiger partial charge in [-0.2, -0.15) is 5.10 Å². The largest absolute Gasteiger partial charge is 0.460 e. The number of likely N-dealkylation sites (N-methyl/N-ethyl adjacent to an activating group) is 1. The zero-order valence-electron chi connectivity index (χ0n) is 15.0. The molecule has 6 heteroatoms. The number of para-hydroxylation sites is 1. The van der Waals surface area contributed by atoms with Crippen LogP contribution in [0.2, 0.25) is 0 Å². The molecule has 0 radical (unpaired) electrons. The van der Waals surface area contributed by atoms with Gasteiger partial charge in [0.25, 0.3) is 5.91 Å². The van der Waals surface area contributed by atoms with Gasteiger partial charge in [0.15, 0.2) is 5.76 Å². The molecule has 3 heterocycles. The molecule has 1 aromatic carbocycles. The van der Waals surface area contributed by atoms with Crippen molar-refractivity contribution in [2.45, 2.75) is 19.4 Å². The monoisotopic (exact) mass is 350 g/mol.